The minimum absolute atomic E-state index is 0.0142. The van der Waals surface area contributed by atoms with E-state index in [0.29, 0.717) is 30.1 Å². The molecule has 1 aliphatic carbocycles. The molecule has 1 atom stereocenters. The van der Waals surface area contributed by atoms with Gasteiger partial charge < -0.3 is 9.09 Å². The highest BCUT2D eigenvalue weighted by molar-refractivity contribution is 5.96. The van der Waals surface area contributed by atoms with E-state index in [1.54, 1.807) is 19.3 Å². The zero-order valence-electron chi connectivity index (χ0n) is 15.4. The van der Waals surface area contributed by atoms with E-state index in [1.807, 2.05) is 13.0 Å². The van der Waals surface area contributed by atoms with Gasteiger partial charge in [0, 0.05) is 43.3 Å². The molecule has 3 aromatic rings. The highest BCUT2D eigenvalue weighted by Crippen LogP contribution is 2.37. The molecule has 0 saturated carbocycles. The van der Waals surface area contributed by atoms with Gasteiger partial charge in [-0.1, -0.05) is 24.2 Å². The predicted octanol–water partition coefficient (Wildman–Crippen LogP) is 3.30. The van der Waals surface area contributed by atoms with E-state index in [4.69, 9.17) is 4.52 Å². The number of fused-ring (bicyclic) bond motifs is 1. The topological polar surface area (TPSA) is 78.0 Å². The van der Waals surface area contributed by atoms with Gasteiger partial charge in [0.2, 0.25) is 11.7 Å². The molecule has 0 saturated heterocycles. The second kappa shape index (κ2) is 6.95. The molecule has 138 valence electrons. The Bertz CT molecular complexity index is 1060. The molecular weight excluding hydrogens is 342 g/mol. The molecule has 0 spiro atoms. The molecule has 6 nitrogen and oxygen atoms in total. The van der Waals surface area contributed by atoms with Crippen LogP contribution in [0.1, 0.15) is 53.1 Å². The van der Waals surface area contributed by atoms with E-state index >= 15 is 0 Å². The molecule has 0 bridgehead atoms. The summed E-state index contributed by atoms with van der Waals surface area (Å²) in [5, 5.41) is 4.03. The SMILES string of the molecule is CCc1nc(-c2ccc3c(c2)CC[C@H]3CC(=O)c2ccn(C)c(=O)c2)no1. The number of pyridine rings is 1. The molecule has 1 aromatic carbocycles. The van der Waals surface area contributed by atoms with Crippen LogP contribution in [-0.4, -0.2) is 20.5 Å². The van der Waals surface area contributed by atoms with Crippen molar-refractivity contribution in [1.29, 1.82) is 0 Å². The Kier molecular flexibility index (Phi) is 4.48. The van der Waals surface area contributed by atoms with Gasteiger partial charge in [-0.3, -0.25) is 9.59 Å². The van der Waals surface area contributed by atoms with Crippen LogP contribution in [0, 0.1) is 0 Å². The van der Waals surface area contributed by atoms with Crippen LogP contribution in [0.2, 0.25) is 0 Å². The Morgan fingerprint density at radius 2 is 2.15 bits per heavy atom. The number of hydrogen-bond donors (Lipinski definition) is 0. The minimum atomic E-state index is -0.163. The maximum Gasteiger partial charge on any atom is 0.250 e. The Hall–Kier alpha value is -3.02. The maximum atomic E-state index is 12.6. The second-order valence-electron chi connectivity index (χ2n) is 7.01. The Morgan fingerprint density at radius 1 is 1.30 bits per heavy atom. The van der Waals surface area contributed by atoms with E-state index in [0.717, 1.165) is 18.4 Å². The normalized spacial score (nSPS) is 15.7. The largest absolute Gasteiger partial charge is 0.339 e. The zero-order valence-corrected chi connectivity index (χ0v) is 15.4. The van der Waals surface area contributed by atoms with Crippen LogP contribution in [0.3, 0.4) is 0 Å². The summed E-state index contributed by atoms with van der Waals surface area (Å²) in [7, 11) is 1.68. The molecule has 6 heteroatoms. The zero-order chi connectivity index (χ0) is 19.0. The third-order valence-electron chi connectivity index (χ3n) is 5.23. The summed E-state index contributed by atoms with van der Waals surface area (Å²) < 4.78 is 6.66. The summed E-state index contributed by atoms with van der Waals surface area (Å²) in [5.74, 6) is 1.43. The summed E-state index contributed by atoms with van der Waals surface area (Å²) in [5.41, 5.74) is 3.70. The van der Waals surface area contributed by atoms with Crippen LogP contribution in [0.15, 0.2) is 45.8 Å². The summed E-state index contributed by atoms with van der Waals surface area (Å²) >= 11 is 0. The van der Waals surface area contributed by atoms with Crippen LogP contribution in [0.25, 0.3) is 11.4 Å². The fourth-order valence-corrected chi connectivity index (χ4v) is 3.64. The highest BCUT2D eigenvalue weighted by Gasteiger charge is 2.26. The van der Waals surface area contributed by atoms with Crippen LogP contribution in [0.5, 0.6) is 0 Å². The molecular formula is C21H21N3O3. The number of carbonyl (C=O) groups is 1. The van der Waals surface area contributed by atoms with Gasteiger partial charge in [0.15, 0.2) is 5.78 Å². The van der Waals surface area contributed by atoms with Gasteiger partial charge in [0.05, 0.1) is 0 Å². The van der Waals surface area contributed by atoms with Crippen molar-refractivity contribution in [3.8, 4) is 11.4 Å². The smallest absolute Gasteiger partial charge is 0.250 e. The van der Waals surface area contributed by atoms with Gasteiger partial charge in [-0.15, -0.1) is 0 Å². The van der Waals surface area contributed by atoms with Crippen molar-refractivity contribution in [2.75, 3.05) is 0 Å². The van der Waals surface area contributed by atoms with Gasteiger partial charge in [-0.05, 0) is 42.0 Å². The standard InChI is InChI=1S/C21H21N3O3/c1-3-19-22-21(23-27-19)16-6-7-17-13(10-16)4-5-14(17)11-18(25)15-8-9-24(2)20(26)12-15/h6-10,12,14H,3-5,11H2,1-2H3/t14-/m0/s1. The molecule has 1 aliphatic rings. The highest BCUT2D eigenvalue weighted by atomic mass is 16.5. The molecule has 2 aromatic heterocycles. The Morgan fingerprint density at radius 3 is 2.89 bits per heavy atom. The van der Waals surface area contributed by atoms with E-state index in [1.165, 1.54) is 21.8 Å². The van der Waals surface area contributed by atoms with E-state index in [9.17, 15) is 9.59 Å². The van der Waals surface area contributed by atoms with Crippen molar-refractivity contribution in [1.82, 2.24) is 14.7 Å². The van der Waals surface area contributed by atoms with E-state index < -0.39 is 0 Å². The summed E-state index contributed by atoms with van der Waals surface area (Å²) in [4.78, 5) is 28.8. The molecule has 0 fully saturated rings. The summed E-state index contributed by atoms with van der Waals surface area (Å²) in [6.07, 6.45) is 4.63. The van der Waals surface area contributed by atoms with Crippen LogP contribution in [0.4, 0.5) is 0 Å². The lowest BCUT2D eigenvalue weighted by Gasteiger charge is -2.11. The number of rotatable bonds is 5. The molecule has 27 heavy (non-hydrogen) atoms. The maximum absolute atomic E-state index is 12.6. The van der Waals surface area contributed by atoms with Gasteiger partial charge in [-0.25, -0.2) is 0 Å². The first-order valence-corrected chi connectivity index (χ1v) is 9.21. The van der Waals surface area contributed by atoms with Crippen molar-refractivity contribution < 1.29 is 9.32 Å². The third-order valence-corrected chi connectivity index (χ3v) is 5.23. The van der Waals surface area contributed by atoms with Crippen molar-refractivity contribution in [3.05, 3.63) is 69.5 Å². The molecule has 0 unspecified atom stereocenters. The van der Waals surface area contributed by atoms with Crippen molar-refractivity contribution in [2.24, 2.45) is 7.05 Å². The summed E-state index contributed by atoms with van der Waals surface area (Å²) in [6.45, 7) is 1.98. The van der Waals surface area contributed by atoms with E-state index in [2.05, 4.69) is 22.3 Å². The molecule has 0 N–H and O–H groups in total. The number of carbonyl (C=O) groups excluding carboxylic acids is 1. The van der Waals surface area contributed by atoms with Gasteiger partial charge in [-0.2, -0.15) is 4.98 Å². The molecule has 4 rings (SSSR count). The van der Waals surface area contributed by atoms with Crippen molar-refractivity contribution in [2.45, 2.75) is 38.5 Å². The number of hydrogen-bond acceptors (Lipinski definition) is 5. The fraction of sp³-hybridized carbons (Fsp3) is 0.333. The molecule has 0 amide bonds. The van der Waals surface area contributed by atoms with Crippen molar-refractivity contribution in [3.63, 3.8) is 0 Å². The lowest BCUT2D eigenvalue weighted by molar-refractivity contribution is 0.0973. The predicted molar refractivity (Wildman–Crippen MR) is 101 cm³/mol. The van der Waals surface area contributed by atoms with Gasteiger partial charge in [0.1, 0.15) is 0 Å². The fourth-order valence-electron chi connectivity index (χ4n) is 3.64. The molecule has 2 heterocycles. The second-order valence-corrected chi connectivity index (χ2v) is 7.01. The molecule has 0 aliphatic heterocycles. The third kappa shape index (κ3) is 3.35. The van der Waals surface area contributed by atoms with Crippen LogP contribution >= 0.6 is 0 Å². The average Bonchev–Trinajstić information content (AvgIpc) is 3.30. The van der Waals surface area contributed by atoms with Gasteiger partial charge >= 0.3 is 0 Å². The summed E-state index contributed by atoms with van der Waals surface area (Å²) in [6, 6.07) is 9.29. The number of nitrogens with zero attached hydrogens (tertiary/aromatic N) is 3. The van der Waals surface area contributed by atoms with Crippen LogP contribution in [-0.2, 0) is 19.9 Å². The Balaban J connectivity index is 1.54. The number of Topliss-reactive ketones (excluding diaryl/α,β-unsaturated/α-hetero) is 1. The van der Waals surface area contributed by atoms with Crippen molar-refractivity contribution >= 4 is 5.78 Å². The number of ketones is 1. The first-order chi connectivity index (χ1) is 13.0. The lowest BCUT2D eigenvalue weighted by atomic mass is 9.93. The molecule has 0 radical (unpaired) electrons. The number of benzene rings is 1. The quantitative estimate of drug-likeness (QED) is 0.650. The average molecular weight is 363 g/mol. The first-order valence-electron chi connectivity index (χ1n) is 9.21. The van der Waals surface area contributed by atoms with E-state index in [-0.39, 0.29) is 17.3 Å². The van der Waals surface area contributed by atoms with Crippen LogP contribution < -0.4 is 5.56 Å². The number of aromatic nitrogens is 3. The minimum Gasteiger partial charge on any atom is -0.339 e. The Labute approximate surface area is 156 Å². The first kappa shape index (κ1) is 17.4. The monoisotopic (exact) mass is 363 g/mol. The van der Waals surface area contributed by atoms with Gasteiger partial charge in [0.25, 0.3) is 5.56 Å². The lowest BCUT2D eigenvalue weighted by Crippen LogP contribution is -2.17. The number of aryl methyl sites for hydroxylation is 3.